The average molecular weight is 340 g/mol. The van der Waals surface area contributed by atoms with Crippen LogP contribution in [0.15, 0.2) is 24.3 Å². The molecule has 2 aliphatic heterocycles. The molecule has 2 fully saturated rings. The second kappa shape index (κ2) is 8.13. The summed E-state index contributed by atoms with van der Waals surface area (Å²) in [5, 5.41) is 11.9. The summed E-state index contributed by atoms with van der Waals surface area (Å²) in [7, 11) is 0. The molecule has 0 saturated carbocycles. The van der Waals surface area contributed by atoms with Gasteiger partial charge in [-0.15, -0.1) is 0 Å². The lowest BCUT2D eigenvalue weighted by Crippen LogP contribution is -2.43. The number of nitrogens with one attached hydrogen (secondary N) is 1. The van der Waals surface area contributed by atoms with Crippen molar-refractivity contribution in [1.29, 1.82) is 5.26 Å². The van der Waals surface area contributed by atoms with E-state index in [1.165, 1.54) is 0 Å². The molecule has 2 amide bonds. The Morgan fingerprint density at radius 2 is 1.80 bits per heavy atom. The molecule has 1 aromatic carbocycles. The molecular weight excluding hydrogens is 316 g/mol. The van der Waals surface area contributed by atoms with Crippen LogP contribution < -0.4 is 5.32 Å². The third-order valence-electron chi connectivity index (χ3n) is 5.04. The van der Waals surface area contributed by atoms with Gasteiger partial charge in [0.15, 0.2) is 0 Å². The van der Waals surface area contributed by atoms with E-state index in [0.29, 0.717) is 23.7 Å². The number of benzene rings is 1. The van der Waals surface area contributed by atoms with Gasteiger partial charge in [0.25, 0.3) is 0 Å². The van der Waals surface area contributed by atoms with Crippen LogP contribution >= 0.6 is 0 Å². The molecule has 25 heavy (non-hydrogen) atoms. The van der Waals surface area contributed by atoms with Crippen LogP contribution in [-0.4, -0.2) is 54.3 Å². The Labute approximate surface area is 148 Å². The molecule has 1 N–H and O–H groups in total. The first-order chi connectivity index (χ1) is 12.2. The van der Waals surface area contributed by atoms with E-state index in [-0.39, 0.29) is 11.8 Å². The minimum Gasteiger partial charge on any atom is -0.342 e. The highest BCUT2D eigenvalue weighted by Gasteiger charge is 2.30. The van der Waals surface area contributed by atoms with Crippen LogP contribution in [0.5, 0.6) is 0 Å². The highest BCUT2D eigenvalue weighted by Crippen LogP contribution is 2.22. The molecule has 1 aromatic rings. The van der Waals surface area contributed by atoms with Gasteiger partial charge in [0, 0.05) is 19.0 Å². The Bertz CT molecular complexity index is 668. The largest absolute Gasteiger partial charge is 0.342 e. The molecule has 2 heterocycles. The number of nitrogens with zero attached hydrogens (tertiary/aromatic N) is 3. The standard InChI is InChI=1S/C19H24N4O2/c20-13-16-5-1-2-6-17(16)21-18(24)14-22-11-7-15(8-12-22)19(25)23-9-3-4-10-23/h1-2,5-6,15H,3-4,7-12,14H2,(H,21,24). The van der Waals surface area contributed by atoms with Gasteiger partial charge in [-0.05, 0) is 50.9 Å². The Balaban J connectivity index is 1.46. The molecule has 0 aliphatic carbocycles. The predicted molar refractivity (Wildman–Crippen MR) is 94.8 cm³/mol. The van der Waals surface area contributed by atoms with Gasteiger partial charge in [-0.25, -0.2) is 0 Å². The molecular formula is C19H24N4O2. The van der Waals surface area contributed by atoms with E-state index >= 15 is 0 Å². The highest BCUT2D eigenvalue weighted by atomic mass is 16.2. The zero-order valence-corrected chi connectivity index (χ0v) is 14.4. The maximum absolute atomic E-state index is 12.4. The number of carbonyl (C=O) groups is 2. The van der Waals surface area contributed by atoms with E-state index < -0.39 is 0 Å². The summed E-state index contributed by atoms with van der Waals surface area (Å²) in [6, 6.07) is 9.07. The van der Waals surface area contributed by atoms with Crippen LogP contribution in [0.3, 0.4) is 0 Å². The van der Waals surface area contributed by atoms with Crippen LogP contribution in [0.1, 0.15) is 31.2 Å². The summed E-state index contributed by atoms with van der Waals surface area (Å²) in [5.74, 6) is 0.285. The SMILES string of the molecule is N#Cc1ccccc1NC(=O)CN1CCC(C(=O)N2CCCC2)CC1. The number of para-hydroxylation sites is 1. The van der Waals surface area contributed by atoms with Crippen molar-refractivity contribution in [3.8, 4) is 6.07 Å². The van der Waals surface area contributed by atoms with Gasteiger partial charge in [-0.2, -0.15) is 5.26 Å². The number of nitriles is 1. The number of carbonyl (C=O) groups excluding carboxylic acids is 2. The number of piperidine rings is 1. The smallest absolute Gasteiger partial charge is 0.238 e. The van der Waals surface area contributed by atoms with Gasteiger partial charge in [0.1, 0.15) is 6.07 Å². The summed E-state index contributed by atoms with van der Waals surface area (Å²) < 4.78 is 0. The lowest BCUT2D eigenvalue weighted by atomic mass is 9.95. The topological polar surface area (TPSA) is 76.4 Å². The van der Waals surface area contributed by atoms with Crippen molar-refractivity contribution in [1.82, 2.24) is 9.80 Å². The Kier molecular flexibility index (Phi) is 5.67. The van der Waals surface area contributed by atoms with Crippen LogP contribution in [0.4, 0.5) is 5.69 Å². The van der Waals surface area contributed by atoms with Crippen LogP contribution in [-0.2, 0) is 9.59 Å². The van der Waals surface area contributed by atoms with Gasteiger partial charge in [-0.1, -0.05) is 12.1 Å². The number of anilines is 1. The summed E-state index contributed by atoms with van der Waals surface area (Å²) in [5.41, 5.74) is 1.01. The van der Waals surface area contributed by atoms with E-state index in [1.807, 2.05) is 4.90 Å². The van der Waals surface area contributed by atoms with Gasteiger partial charge in [-0.3, -0.25) is 14.5 Å². The molecule has 6 nitrogen and oxygen atoms in total. The van der Waals surface area contributed by atoms with Gasteiger partial charge >= 0.3 is 0 Å². The van der Waals surface area contributed by atoms with E-state index in [1.54, 1.807) is 24.3 Å². The molecule has 3 rings (SSSR count). The summed E-state index contributed by atoms with van der Waals surface area (Å²) in [6.45, 7) is 3.62. The fraction of sp³-hybridized carbons (Fsp3) is 0.526. The van der Waals surface area contributed by atoms with Crippen molar-refractivity contribution in [2.45, 2.75) is 25.7 Å². The lowest BCUT2D eigenvalue weighted by Gasteiger charge is -2.32. The number of rotatable bonds is 4. The third-order valence-corrected chi connectivity index (χ3v) is 5.04. The predicted octanol–water partition coefficient (Wildman–Crippen LogP) is 1.83. The minimum atomic E-state index is -0.119. The third kappa shape index (κ3) is 4.37. The second-order valence-corrected chi connectivity index (χ2v) is 6.79. The number of hydrogen-bond acceptors (Lipinski definition) is 4. The van der Waals surface area contributed by atoms with Gasteiger partial charge < -0.3 is 10.2 Å². The van der Waals surface area contributed by atoms with Crippen molar-refractivity contribution in [2.24, 2.45) is 5.92 Å². The molecule has 132 valence electrons. The lowest BCUT2D eigenvalue weighted by molar-refractivity contribution is -0.136. The number of likely N-dealkylation sites (tertiary alicyclic amines) is 2. The van der Waals surface area contributed by atoms with Crippen molar-refractivity contribution >= 4 is 17.5 Å². The molecule has 0 spiro atoms. The zero-order valence-electron chi connectivity index (χ0n) is 14.4. The first-order valence-corrected chi connectivity index (χ1v) is 8.97. The number of amides is 2. The Hall–Kier alpha value is -2.39. The fourth-order valence-corrected chi connectivity index (χ4v) is 3.62. The Morgan fingerprint density at radius 3 is 2.48 bits per heavy atom. The summed E-state index contributed by atoms with van der Waals surface area (Å²) in [4.78, 5) is 28.7. The van der Waals surface area contributed by atoms with E-state index in [4.69, 9.17) is 5.26 Å². The highest BCUT2D eigenvalue weighted by molar-refractivity contribution is 5.93. The molecule has 6 heteroatoms. The second-order valence-electron chi connectivity index (χ2n) is 6.79. The van der Waals surface area contributed by atoms with E-state index in [0.717, 1.165) is 51.9 Å². The fourth-order valence-electron chi connectivity index (χ4n) is 3.62. The van der Waals surface area contributed by atoms with Crippen molar-refractivity contribution in [3.05, 3.63) is 29.8 Å². The monoisotopic (exact) mass is 340 g/mol. The molecule has 2 aliphatic rings. The molecule has 0 aromatic heterocycles. The maximum Gasteiger partial charge on any atom is 0.238 e. The first-order valence-electron chi connectivity index (χ1n) is 8.97. The summed E-state index contributed by atoms with van der Waals surface area (Å²) in [6.07, 6.45) is 3.87. The minimum absolute atomic E-state index is 0.108. The normalized spacial score (nSPS) is 18.8. The molecule has 0 bridgehead atoms. The Morgan fingerprint density at radius 1 is 1.12 bits per heavy atom. The molecule has 2 saturated heterocycles. The average Bonchev–Trinajstić information content (AvgIpc) is 3.17. The maximum atomic E-state index is 12.4. The van der Waals surface area contributed by atoms with Crippen LogP contribution in [0.2, 0.25) is 0 Å². The molecule has 0 atom stereocenters. The van der Waals surface area contributed by atoms with E-state index in [2.05, 4.69) is 16.3 Å². The van der Waals surface area contributed by atoms with Crippen molar-refractivity contribution < 1.29 is 9.59 Å². The van der Waals surface area contributed by atoms with Crippen LogP contribution in [0, 0.1) is 17.2 Å². The number of hydrogen-bond donors (Lipinski definition) is 1. The quantitative estimate of drug-likeness (QED) is 0.907. The molecule has 0 radical (unpaired) electrons. The van der Waals surface area contributed by atoms with Gasteiger partial charge in [0.05, 0.1) is 17.8 Å². The van der Waals surface area contributed by atoms with Crippen LogP contribution in [0.25, 0.3) is 0 Å². The van der Waals surface area contributed by atoms with Crippen molar-refractivity contribution in [3.63, 3.8) is 0 Å². The zero-order chi connectivity index (χ0) is 17.6. The summed E-state index contributed by atoms with van der Waals surface area (Å²) >= 11 is 0. The first kappa shape index (κ1) is 17.4. The van der Waals surface area contributed by atoms with Gasteiger partial charge in [0.2, 0.25) is 11.8 Å². The van der Waals surface area contributed by atoms with E-state index in [9.17, 15) is 9.59 Å². The molecule has 0 unspecified atom stereocenters. The van der Waals surface area contributed by atoms with Crippen molar-refractivity contribution in [2.75, 3.05) is 38.0 Å².